The lowest BCUT2D eigenvalue weighted by Crippen LogP contribution is -2.36. The molecule has 0 spiro atoms. The topological polar surface area (TPSA) is 98.9 Å². The standard InChI is InChI=1S/C18H16FN5O3/c19-14-5-3-13(4-6-14)15-7-8-18(27)24(22-15)12-16(25)20-10-11-23-17(26)2-1-9-21-23/h1-9H,10-12H2,(H,20,25). The maximum absolute atomic E-state index is 13.0. The third-order valence-electron chi connectivity index (χ3n) is 3.73. The monoisotopic (exact) mass is 369 g/mol. The number of aromatic nitrogens is 4. The molecule has 0 fully saturated rings. The highest BCUT2D eigenvalue weighted by molar-refractivity contribution is 5.75. The average molecular weight is 369 g/mol. The Bertz CT molecular complexity index is 1060. The van der Waals surface area contributed by atoms with Gasteiger partial charge >= 0.3 is 0 Å². The van der Waals surface area contributed by atoms with Crippen LogP contribution >= 0.6 is 0 Å². The minimum atomic E-state index is -0.433. The zero-order chi connectivity index (χ0) is 19.2. The molecule has 9 heteroatoms. The van der Waals surface area contributed by atoms with Crippen LogP contribution in [-0.4, -0.2) is 32.0 Å². The third kappa shape index (κ3) is 4.72. The Morgan fingerprint density at radius 3 is 2.48 bits per heavy atom. The molecule has 0 bridgehead atoms. The molecule has 0 radical (unpaired) electrons. The van der Waals surface area contributed by atoms with E-state index in [0.717, 1.165) is 4.68 Å². The summed E-state index contributed by atoms with van der Waals surface area (Å²) in [7, 11) is 0. The van der Waals surface area contributed by atoms with Gasteiger partial charge in [-0.1, -0.05) is 0 Å². The Morgan fingerprint density at radius 1 is 1.00 bits per heavy atom. The van der Waals surface area contributed by atoms with Gasteiger partial charge in [0.2, 0.25) is 5.91 Å². The van der Waals surface area contributed by atoms with E-state index in [0.29, 0.717) is 11.3 Å². The molecule has 8 nitrogen and oxygen atoms in total. The molecule has 0 unspecified atom stereocenters. The van der Waals surface area contributed by atoms with E-state index in [9.17, 15) is 18.8 Å². The van der Waals surface area contributed by atoms with E-state index in [1.54, 1.807) is 0 Å². The van der Waals surface area contributed by atoms with Gasteiger partial charge in [0.25, 0.3) is 11.1 Å². The third-order valence-corrected chi connectivity index (χ3v) is 3.73. The molecule has 2 aromatic heterocycles. The number of amides is 1. The molecule has 0 saturated carbocycles. The molecule has 3 aromatic rings. The minimum absolute atomic E-state index is 0.183. The van der Waals surface area contributed by atoms with Crippen molar-refractivity contribution in [2.45, 2.75) is 13.1 Å². The van der Waals surface area contributed by atoms with E-state index in [-0.39, 0.29) is 31.0 Å². The Morgan fingerprint density at radius 2 is 1.74 bits per heavy atom. The first-order chi connectivity index (χ1) is 13.0. The number of carbonyl (C=O) groups excluding carboxylic acids is 1. The Balaban J connectivity index is 1.64. The molecule has 27 heavy (non-hydrogen) atoms. The highest BCUT2D eigenvalue weighted by Crippen LogP contribution is 2.15. The van der Waals surface area contributed by atoms with Crippen LogP contribution in [0.15, 0.2) is 64.3 Å². The first-order valence-corrected chi connectivity index (χ1v) is 8.16. The van der Waals surface area contributed by atoms with Gasteiger partial charge in [0.15, 0.2) is 0 Å². The van der Waals surface area contributed by atoms with Crippen molar-refractivity contribution in [3.8, 4) is 11.3 Å². The van der Waals surface area contributed by atoms with Crippen LogP contribution in [0, 0.1) is 5.82 Å². The minimum Gasteiger partial charge on any atom is -0.353 e. The van der Waals surface area contributed by atoms with Crippen LogP contribution in [0.2, 0.25) is 0 Å². The van der Waals surface area contributed by atoms with E-state index in [1.165, 1.54) is 59.4 Å². The number of rotatable bonds is 6. The van der Waals surface area contributed by atoms with Crippen LogP contribution in [-0.2, 0) is 17.9 Å². The quantitative estimate of drug-likeness (QED) is 0.679. The summed E-state index contributed by atoms with van der Waals surface area (Å²) in [4.78, 5) is 35.5. The van der Waals surface area contributed by atoms with Gasteiger partial charge in [0.1, 0.15) is 12.4 Å². The number of hydrogen-bond donors (Lipinski definition) is 1. The van der Waals surface area contributed by atoms with Crippen molar-refractivity contribution in [2.75, 3.05) is 6.54 Å². The predicted molar refractivity (Wildman–Crippen MR) is 95.4 cm³/mol. The maximum atomic E-state index is 13.0. The maximum Gasteiger partial charge on any atom is 0.267 e. The first-order valence-electron chi connectivity index (χ1n) is 8.16. The van der Waals surface area contributed by atoms with Crippen molar-refractivity contribution in [2.24, 2.45) is 0 Å². The van der Waals surface area contributed by atoms with Gasteiger partial charge in [0, 0.05) is 30.4 Å². The predicted octanol–water partition coefficient (Wildman–Crippen LogP) is 0.422. The summed E-state index contributed by atoms with van der Waals surface area (Å²) in [6.07, 6.45) is 1.48. The summed E-state index contributed by atoms with van der Waals surface area (Å²) in [6, 6.07) is 11.4. The van der Waals surface area contributed by atoms with Crippen molar-refractivity contribution in [3.63, 3.8) is 0 Å². The summed E-state index contributed by atoms with van der Waals surface area (Å²) < 4.78 is 15.3. The number of nitrogens with one attached hydrogen (secondary N) is 1. The number of halogens is 1. The number of benzene rings is 1. The second kappa shape index (κ2) is 8.17. The molecule has 3 rings (SSSR count). The number of hydrogen-bond acceptors (Lipinski definition) is 5. The molecular formula is C18H16FN5O3. The van der Waals surface area contributed by atoms with E-state index in [1.807, 2.05) is 0 Å². The number of carbonyl (C=O) groups is 1. The fourth-order valence-corrected chi connectivity index (χ4v) is 2.39. The van der Waals surface area contributed by atoms with Crippen LogP contribution in [0.5, 0.6) is 0 Å². The molecule has 0 saturated heterocycles. The smallest absolute Gasteiger partial charge is 0.267 e. The lowest BCUT2D eigenvalue weighted by Gasteiger charge is -2.09. The molecule has 1 N–H and O–H groups in total. The first kappa shape index (κ1) is 18.2. The lowest BCUT2D eigenvalue weighted by atomic mass is 10.1. The van der Waals surface area contributed by atoms with Crippen LogP contribution < -0.4 is 16.4 Å². The van der Waals surface area contributed by atoms with Gasteiger partial charge in [-0.25, -0.2) is 13.8 Å². The van der Waals surface area contributed by atoms with Crippen molar-refractivity contribution < 1.29 is 9.18 Å². The normalized spacial score (nSPS) is 10.6. The van der Waals surface area contributed by atoms with Crippen LogP contribution in [0.3, 0.4) is 0 Å². The van der Waals surface area contributed by atoms with Gasteiger partial charge in [-0.15, -0.1) is 0 Å². The van der Waals surface area contributed by atoms with E-state index < -0.39 is 11.5 Å². The SMILES string of the molecule is O=C(Cn1nc(-c2ccc(F)cc2)ccc1=O)NCCn1ncccc1=O. The lowest BCUT2D eigenvalue weighted by molar-refractivity contribution is -0.121. The molecule has 1 aromatic carbocycles. The summed E-state index contributed by atoms with van der Waals surface area (Å²) in [5.41, 5.74) is 0.371. The van der Waals surface area contributed by atoms with Gasteiger partial charge in [-0.05, 0) is 36.4 Å². The van der Waals surface area contributed by atoms with E-state index in [4.69, 9.17) is 0 Å². The van der Waals surface area contributed by atoms with Gasteiger partial charge in [0.05, 0.1) is 12.2 Å². The summed E-state index contributed by atoms with van der Waals surface area (Å²) in [6.45, 7) is 0.122. The summed E-state index contributed by atoms with van der Waals surface area (Å²) in [5.74, 6) is -0.803. The fraction of sp³-hybridized carbons (Fsp3) is 0.167. The van der Waals surface area contributed by atoms with Crippen molar-refractivity contribution in [1.29, 1.82) is 0 Å². The van der Waals surface area contributed by atoms with Crippen LogP contribution in [0.25, 0.3) is 11.3 Å². The van der Waals surface area contributed by atoms with Crippen LogP contribution in [0.1, 0.15) is 0 Å². The van der Waals surface area contributed by atoms with Crippen molar-refractivity contribution in [3.05, 3.63) is 81.3 Å². The van der Waals surface area contributed by atoms with Gasteiger partial charge < -0.3 is 5.32 Å². The second-order valence-electron chi connectivity index (χ2n) is 5.66. The molecule has 0 aliphatic rings. The Kier molecular flexibility index (Phi) is 5.50. The summed E-state index contributed by atoms with van der Waals surface area (Å²) in [5, 5.41) is 10.6. The zero-order valence-corrected chi connectivity index (χ0v) is 14.2. The van der Waals surface area contributed by atoms with E-state index in [2.05, 4.69) is 15.5 Å². The molecule has 2 heterocycles. The molecular weight excluding hydrogens is 353 g/mol. The van der Waals surface area contributed by atoms with E-state index >= 15 is 0 Å². The molecule has 0 aliphatic heterocycles. The zero-order valence-electron chi connectivity index (χ0n) is 14.2. The molecule has 0 aliphatic carbocycles. The molecule has 1 amide bonds. The Hall–Kier alpha value is -3.62. The molecule has 0 atom stereocenters. The largest absolute Gasteiger partial charge is 0.353 e. The highest BCUT2D eigenvalue weighted by atomic mass is 19.1. The number of nitrogens with zero attached hydrogens (tertiary/aromatic N) is 4. The van der Waals surface area contributed by atoms with Crippen LogP contribution in [0.4, 0.5) is 4.39 Å². The molecule has 138 valence electrons. The highest BCUT2D eigenvalue weighted by Gasteiger charge is 2.08. The van der Waals surface area contributed by atoms with Gasteiger partial charge in [-0.3, -0.25) is 14.4 Å². The van der Waals surface area contributed by atoms with Crippen molar-refractivity contribution in [1.82, 2.24) is 24.9 Å². The van der Waals surface area contributed by atoms with Gasteiger partial charge in [-0.2, -0.15) is 10.2 Å². The average Bonchev–Trinajstić information content (AvgIpc) is 2.66. The second-order valence-corrected chi connectivity index (χ2v) is 5.66. The fourth-order valence-electron chi connectivity index (χ4n) is 2.39. The summed E-state index contributed by atoms with van der Waals surface area (Å²) >= 11 is 0. The van der Waals surface area contributed by atoms with Crippen molar-refractivity contribution >= 4 is 5.91 Å². The Labute approximate surface area is 152 Å².